The molecule has 0 fully saturated rings. The molecular weight excluding hydrogens is 388 g/mol. The average molecular weight is 417 g/mol. The van der Waals surface area contributed by atoms with Crippen molar-refractivity contribution in [2.45, 2.75) is 33.1 Å². The second-order valence-electron chi connectivity index (χ2n) is 7.04. The summed E-state index contributed by atoms with van der Waals surface area (Å²) in [4.78, 5) is 23.7. The van der Waals surface area contributed by atoms with Gasteiger partial charge in [-0.05, 0) is 42.5 Å². The van der Waals surface area contributed by atoms with Gasteiger partial charge in [0, 0.05) is 12.8 Å². The van der Waals surface area contributed by atoms with Gasteiger partial charge >= 0.3 is 0 Å². The van der Waals surface area contributed by atoms with Gasteiger partial charge in [0.25, 0.3) is 0 Å². The van der Waals surface area contributed by atoms with Crippen LogP contribution in [0, 0.1) is 0 Å². The molecule has 0 aliphatic heterocycles. The van der Waals surface area contributed by atoms with Crippen LogP contribution >= 0.6 is 0 Å². The number of hydrazone groups is 2. The standard InChI is InChI=1S/C25H28N4O2/c1-20(16-22-10-5-3-6-11-22)18-26-28-24(30)14-9-15-25(31)29-27-19-21(2)17-23-12-7-4-8-13-23/h3-8,10-13,16-19H,9,14-15H2,1-2H3,(H,28,30)(H,29,31)/b20-16+,21-17+,26-18+,27-19+. The molecule has 0 spiro atoms. The lowest BCUT2D eigenvalue weighted by Gasteiger charge is -2.01. The molecule has 6 nitrogen and oxygen atoms in total. The van der Waals surface area contributed by atoms with Crippen molar-refractivity contribution in [2.24, 2.45) is 10.2 Å². The van der Waals surface area contributed by atoms with Crippen LogP contribution in [0.5, 0.6) is 0 Å². The second kappa shape index (κ2) is 13.4. The summed E-state index contributed by atoms with van der Waals surface area (Å²) in [5.41, 5.74) is 8.92. The third-order valence-electron chi connectivity index (χ3n) is 4.11. The molecule has 0 radical (unpaired) electrons. The van der Waals surface area contributed by atoms with E-state index >= 15 is 0 Å². The first-order chi connectivity index (χ1) is 15.0. The molecule has 0 aromatic heterocycles. The van der Waals surface area contributed by atoms with E-state index in [0.29, 0.717) is 6.42 Å². The number of carbonyl (C=O) groups excluding carboxylic acids is 2. The molecule has 31 heavy (non-hydrogen) atoms. The summed E-state index contributed by atoms with van der Waals surface area (Å²) in [6.07, 6.45) is 7.97. The predicted molar refractivity (Wildman–Crippen MR) is 127 cm³/mol. The van der Waals surface area contributed by atoms with Gasteiger partial charge in [-0.2, -0.15) is 10.2 Å². The topological polar surface area (TPSA) is 82.9 Å². The number of nitrogens with one attached hydrogen (secondary N) is 2. The zero-order chi connectivity index (χ0) is 22.3. The van der Waals surface area contributed by atoms with Crippen LogP contribution in [0.3, 0.4) is 0 Å². The number of carbonyl (C=O) groups is 2. The molecule has 2 aromatic rings. The van der Waals surface area contributed by atoms with Gasteiger partial charge in [-0.1, -0.05) is 72.8 Å². The van der Waals surface area contributed by atoms with E-state index in [9.17, 15) is 9.59 Å². The van der Waals surface area contributed by atoms with Crippen molar-refractivity contribution < 1.29 is 9.59 Å². The monoisotopic (exact) mass is 416 g/mol. The number of nitrogens with zero attached hydrogens (tertiary/aromatic N) is 2. The van der Waals surface area contributed by atoms with Crippen LogP contribution in [0.15, 0.2) is 82.0 Å². The lowest BCUT2D eigenvalue weighted by atomic mass is 10.1. The summed E-state index contributed by atoms with van der Waals surface area (Å²) in [6, 6.07) is 19.7. The SMILES string of the molecule is CC(/C=N/NC(=O)CCCC(=O)N/N=C/C(C)=C/c1ccccc1)=C\c1ccccc1. The molecule has 0 aliphatic carbocycles. The van der Waals surface area contributed by atoms with Gasteiger partial charge in [0.15, 0.2) is 0 Å². The lowest BCUT2D eigenvalue weighted by molar-refractivity contribution is -0.122. The van der Waals surface area contributed by atoms with E-state index in [0.717, 1.165) is 22.3 Å². The summed E-state index contributed by atoms with van der Waals surface area (Å²) in [7, 11) is 0. The number of hydrogen-bond acceptors (Lipinski definition) is 4. The largest absolute Gasteiger partial charge is 0.273 e. The summed E-state index contributed by atoms with van der Waals surface area (Å²) in [6.45, 7) is 3.81. The van der Waals surface area contributed by atoms with Crippen LogP contribution in [-0.2, 0) is 9.59 Å². The average Bonchev–Trinajstić information content (AvgIpc) is 2.75. The highest BCUT2D eigenvalue weighted by atomic mass is 16.2. The molecule has 2 rings (SSSR count). The minimum absolute atomic E-state index is 0.211. The third kappa shape index (κ3) is 10.5. The first kappa shape index (κ1) is 23.5. The van der Waals surface area contributed by atoms with E-state index in [1.807, 2.05) is 86.7 Å². The van der Waals surface area contributed by atoms with Gasteiger partial charge < -0.3 is 0 Å². The number of benzene rings is 2. The summed E-state index contributed by atoms with van der Waals surface area (Å²) in [5, 5.41) is 7.89. The molecular formula is C25H28N4O2. The molecule has 0 unspecified atom stereocenters. The molecule has 2 N–H and O–H groups in total. The number of rotatable bonds is 10. The Morgan fingerprint density at radius 1 is 0.710 bits per heavy atom. The number of allylic oxidation sites excluding steroid dienone is 2. The molecule has 0 saturated heterocycles. The minimum Gasteiger partial charge on any atom is -0.273 e. The minimum atomic E-state index is -0.235. The first-order valence-corrected chi connectivity index (χ1v) is 10.1. The smallest absolute Gasteiger partial charge is 0.240 e. The Hall–Kier alpha value is -3.80. The van der Waals surface area contributed by atoms with Gasteiger partial charge in [-0.15, -0.1) is 0 Å². The zero-order valence-electron chi connectivity index (χ0n) is 17.9. The highest BCUT2D eigenvalue weighted by Gasteiger charge is 2.03. The van der Waals surface area contributed by atoms with Gasteiger partial charge in [0.05, 0.1) is 12.4 Å². The number of hydrogen-bond donors (Lipinski definition) is 2. The molecule has 0 bridgehead atoms. The van der Waals surface area contributed by atoms with Crippen molar-refractivity contribution in [2.75, 3.05) is 0 Å². The fourth-order valence-electron chi connectivity index (χ4n) is 2.63. The van der Waals surface area contributed by atoms with Crippen molar-refractivity contribution in [3.63, 3.8) is 0 Å². The molecule has 0 saturated carbocycles. The maximum atomic E-state index is 11.8. The molecule has 2 amide bonds. The summed E-state index contributed by atoms with van der Waals surface area (Å²) in [5.74, 6) is -0.469. The van der Waals surface area contributed by atoms with E-state index in [-0.39, 0.29) is 24.7 Å². The Labute approximate surface area is 183 Å². The fraction of sp³-hybridized carbons (Fsp3) is 0.200. The van der Waals surface area contributed by atoms with Crippen LogP contribution in [0.25, 0.3) is 12.2 Å². The Morgan fingerprint density at radius 2 is 1.10 bits per heavy atom. The van der Waals surface area contributed by atoms with Crippen LogP contribution in [0.2, 0.25) is 0 Å². The molecule has 160 valence electrons. The van der Waals surface area contributed by atoms with Gasteiger partial charge in [0.1, 0.15) is 0 Å². The molecule has 0 aliphatic rings. The highest BCUT2D eigenvalue weighted by Crippen LogP contribution is 2.05. The van der Waals surface area contributed by atoms with E-state index < -0.39 is 0 Å². The summed E-state index contributed by atoms with van der Waals surface area (Å²) < 4.78 is 0. The Morgan fingerprint density at radius 3 is 1.48 bits per heavy atom. The van der Waals surface area contributed by atoms with Crippen molar-refractivity contribution in [3.05, 3.63) is 82.9 Å². The van der Waals surface area contributed by atoms with Gasteiger partial charge in [-0.25, -0.2) is 10.9 Å². The molecule has 0 atom stereocenters. The van der Waals surface area contributed by atoms with Crippen molar-refractivity contribution in [1.29, 1.82) is 0 Å². The van der Waals surface area contributed by atoms with E-state index in [1.165, 1.54) is 0 Å². The molecule has 6 heteroatoms. The Bertz CT molecular complexity index is 882. The third-order valence-corrected chi connectivity index (χ3v) is 4.11. The number of amides is 2. The summed E-state index contributed by atoms with van der Waals surface area (Å²) >= 11 is 0. The van der Waals surface area contributed by atoms with E-state index in [2.05, 4.69) is 21.1 Å². The highest BCUT2D eigenvalue weighted by molar-refractivity contribution is 5.87. The maximum Gasteiger partial charge on any atom is 0.240 e. The quantitative estimate of drug-likeness (QED) is 0.439. The van der Waals surface area contributed by atoms with Crippen LogP contribution in [0.4, 0.5) is 0 Å². The maximum absolute atomic E-state index is 11.8. The predicted octanol–water partition coefficient (Wildman–Crippen LogP) is 4.57. The first-order valence-electron chi connectivity index (χ1n) is 10.1. The van der Waals surface area contributed by atoms with Crippen LogP contribution in [0.1, 0.15) is 44.2 Å². The normalized spacial score (nSPS) is 12.3. The zero-order valence-corrected chi connectivity index (χ0v) is 17.9. The van der Waals surface area contributed by atoms with Crippen molar-refractivity contribution in [1.82, 2.24) is 10.9 Å². The van der Waals surface area contributed by atoms with Gasteiger partial charge in [0.2, 0.25) is 11.8 Å². The lowest BCUT2D eigenvalue weighted by Crippen LogP contribution is -2.20. The fourth-order valence-corrected chi connectivity index (χ4v) is 2.63. The molecule has 0 heterocycles. The van der Waals surface area contributed by atoms with E-state index in [1.54, 1.807) is 12.4 Å². The van der Waals surface area contributed by atoms with E-state index in [4.69, 9.17) is 0 Å². The Balaban J connectivity index is 1.63. The van der Waals surface area contributed by atoms with Crippen molar-refractivity contribution in [3.8, 4) is 0 Å². The van der Waals surface area contributed by atoms with Crippen LogP contribution < -0.4 is 10.9 Å². The van der Waals surface area contributed by atoms with Crippen molar-refractivity contribution >= 4 is 36.4 Å². The molecule has 2 aromatic carbocycles. The second-order valence-corrected chi connectivity index (χ2v) is 7.04. The van der Waals surface area contributed by atoms with Gasteiger partial charge in [-0.3, -0.25) is 9.59 Å². The van der Waals surface area contributed by atoms with Crippen LogP contribution in [-0.4, -0.2) is 24.2 Å². The Kier molecular flexibility index (Phi) is 10.2.